The highest BCUT2D eigenvalue weighted by atomic mass is 16.1. The van der Waals surface area contributed by atoms with Gasteiger partial charge in [0, 0.05) is 0 Å². The van der Waals surface area contributed by atoms with Gasteiger partial charge in [-0.3, -0.25) is 0 Å². The van der Waals surface area contributed by atoms with Crippen molar-refractivity contribution in [3.8, 4) is 0 Å². The van der Waals surface area contributed by atoms with E-state index in [0.717, 1.165) is 22.3 Å². The minimum atomic E-state index is 0.328. The normalized spacial score (nSPS) is 9.52. The zero-order chi connectivity index (χ0) is 14.9. The molecule has 0 aliphatic carbocycles. The number of benzene rings is 2. The smallest absolute Gasteiger partial charge is 0.211 e. The number of carbonyl (C=O) groups excluding carboxylic acids is 2. The minimum Gasteiger partial charge on any atom is -0.211 e. The van der Waals surface area contributed by atoms with Gasteiger partial charge in [0.15, 0.2) is 0 Å². The van der Waals surface area contributed by atoms with Crippen LogP contribution >= 0.6 is 0 Å². The molecule has 0 atom stereocenters. The van der Waals surface area contributed by atoms with Crippen molar-refractivity contribution in [2.45, 2.75) is 19.5 Å². The summed E-state index contributed by atoms with van der Waals surface area (Å²) in [5.41, 5.74) is 4.18. The molecule has 21 heavy (non-hydrogen) atoms. The second kappa shape index (κ2) is 7.71. The van der Waals surface area contributed by atoms with Crippen LogP contribution in [0, 0.1) is 0 Å². The van der Waals surface area contributed by atoms with E-state index in [4.69, 9.17) is 0 Å². The molecule has 0 unspecified atom stereocenters. The van der Waals surface area contributed by atoms with Crippen LogP contribution in [0.5, 0.6) is 0 Å². The molecule has 0 aromatic heterocycles. The van der Waals surface area contributed by atoms with E-state index in [2.05, 4.69) is 9.98 Å². The van der Waals surface area contributed by atoms with Gasteiger partial charge >= 0.3 is 0 Å². The lowest BCUT2D eigenvalue weighted by Crippen LogP contribution is -1.98. The van der Waals surface area contributed by atoms with Crippen LogP contribution in [0.1, 0.15) is 22.3 Å². The van der Waals surface area contributed by atoms with Crippen LogP contribution in [0.4, 0.5) is 0 Å². The van der Waals surface area contributed by atoms with Gasteiger partial charge in [-0.2, -0.15) is 0 Å². The predicted octanol–water partition coefficient (Wildman–Crippen LogP) is 2.95. The average molecular weight is 278 g/mol. The van der Waals surface area contributed by atoms with E-state index in [-0.39, 0.29) is 0 Å². The van der Waals surface area contributed by atoms with Gasteiger partial charge in [-0.15, -0.1) is 0 Å². The van der Waals surface area contributed by atoms with E-state index in [9.17, 15) is 9.59 Å². The Balaban J connectivity index is 2.30. The summed E-state index contributed by atoms with van der Waals surface area (Å²) >= 11 is 0. The summed E-state index contributed by atoms with van der Waals surface area (Å²) in [5.74, 6) is 0. The zero-order valence-electron chi connectivity index (χ0n) is 11.5. The summed E-state index contributed by atoms with van der Waals surface area (Å²) in [6, 6.07) is 15.7. The van der Waals surface area contributed by atoms with Crippen molar-refractivity contribution in [2.24, 2.45) is 9.98 Å². The Morgan fingerprint density at radius 1 is 0.667 bits per heavy atom. The summed E-state index contributed by atoms with van der Waals surface area (Å²) in [5, 5.41) is 0. The maximum absolute atomic E-state index is 10.3. The van der Waals surface area contributed by atoms with Gasteiger partial charge in [-0.05, 0) is 28.7 Å². The van der Waals surface area contributed by atoms with Crippen molar-refractivity contribution in [1.29, 1.82) is 0 Å². The second-order valence-electron chi connectivity index (χ2n) is 4.53. The Hall–Kier alpha value is -2.80. The van der Waals surface area contributed by atoms with Crippen molar-refractivity contribution in [3.63, 3.8) is 0 Å². The molecule has 0 N–H and O–H groups in total. The third-order valence-electron chi connectivity index (χ3n) is 3.25. The number of hydrogen-bond acceptors (Lipinski definition) is 4. The Morgan fingerprint density at radius 2 is 1.05 bits per heavy atom. The predicted molar refractivity (Wildman–Crippen MR) is 79.3 cm³/mol. The molecular formula is C17H14N2O2. The average Bonchev–Trinajstić information content (AvgIpc) is 2.53. The number of aliphatic imine (C=N–C) groups is 2. The highest BCUT2D eigenvalue weighted by molar-refractivity contribution is 5.39. The van der Waals surface area contributed by atoms with Crippen LogP contribution < -0.4 is 0 Å². The summed E-state index contributed by atoms with van der Waals surface area (Å²) in [6.45, 7) is 0.655. The highest BCUT2D eigenvalue weighted by Crippen LogP contribution is 2.18. The summed E-state index contributed by atoms with van der Waals surface area (Å²) in [6.07, 6.45) is 3.83. The number of hydrogen-bond donors (Lipinski definition) is 0. The highest BCUT2D eigenvalue weighted by Gasteiger charge is 2.06. The van der Waals surface area contributed by atoms with Crippen LogP contribution in [-0.4, -0.2) is 12.2 Å². The lowest BCUT2D eigenvalue weighted by atomic mass is 9.96. The van der Waals surface area contributed by atoms with Gasteiger partial charge in [0.2, 0.25) is 12.2 Å². The van der Waals surface area contributed by atoms with E-state index in [1.54, 1.807) is 12.2 Å². The SMILES string of the molecule is O=C=NCc1ccccc1Cc1ccccc1CN=C=O. The fourth-order valence-electron chi connectivity index (χ4n) is 2.21. The third kappa shape index (κ3) is 4.08. The van der Waals surface area contributed by atoms with Crippen LogP contribution in [0.3, 0.4) is 0 Å². The lowest BCUT2D eigenvalue weighted by molar-refractivity contribution is 0.562. The first-order chi connectivity index (χ1) is 10.3. The maximum Gasteiger partial charge on any atom is 0.235 e. The van der Waals surface area contributed by atoms with E-state index in [1.165, 1.54) is 0 Å². The number of isocyanates is 2. The Kier molecular flexibility index (Phi) is 5.36. The van der Waals surface area contributed by atoms with Gasteiger partial charge in [0.05, 0.1) is 13.1 Å². The molecule has 2 aromatic carbocycles. The van der Waals surface area contributed by atoms with Crippen LogP contribution in [0.15, 0.2) is 58.5 Å². The first-order valence-corrected chi connectivity index (χ1v) is 6.56. The zero-order valence-corrected chi connectivity index (χ0v) is 11.5. The lowest BCUT2D eigenvalue weighted by Gasteiger charge is -2.10. The quantitative estimate of drug-likeness (QED) is 0.602. The Labute approximate surface area is 122 Å². The molecule has 104 valence electrons. The fourth-order valence-corrected chi connectivity index (χ4v) is 2.21. The first kappa shape index (κ1) is 14.6. The molecule has 0 bridgehead atoms. The van der Waals surface area contributed by atoms with Gasteiger partial charge < -0.3 is 0 Å². The molecule has 0 fully saturated rings. The molecule has 4 nitrogen and oxygen atoms in total. The molecule has 0 aliphatic rings. The Bertz CT molecular complexity index is 651. The monoisotopic (exact) mass is 278 g/mol. The molecule has 0 heterocycles. The first-order valence-electron chi connectivity index (χ1n) is 6.56. The molecule has 0 spiro atoms. The van der Waals surface area contributed by atoms with E-state index >= 15 is 0 Å². The summed E-state index contributed by atoms with van der Waals surface area (Å²) in [4.78, 5) is 27.8. The minimum absolute atomic E-state index is 0.328. The summed E-state index contributed by atoms with van der Waals surface area (Å²) in [7, 11) is 0. The number of rotatable bonds is 6. The standard InChI is InChI=1S/C17H14N2O2/c20-12-18-10-16-7-3-1-5-14(16)9-15-6-2-4-8-17(15)11-19-13-21/h1-8H,9-11H2. The molecule has 4 heteroatoms. The van der Waals surface area contributed by atoms with E-state index in [0.29, 0.717) is 19.5 Å². The molecule has 0 amide bonds. The largest absolute Gasteiger partial charge is 0.235 e. The number of nitrogens with zero attached hydrogens (tertiary/aromatic N) is 2. The van der Waals surface area contributed by atoms with Crippen molar-refractivity contribution in [2.75, 3.05) is 0 Å². The van der Waals surface area contributed by atoms with Crippen molar-refractivity contribution in [3.05, 3.63) is 70.8 Å². The molecule has 0 radical (unpaired) electrons. The molecule has 2 aromatic rings. The molecule has 2 rings (SSSR count). The maximum atomic E-state index is 10.3. The van der Waals surface area contributed by atoms with Crippen molar-refractivity contribution in [1.82, 2.24) is 0 Å². The van der Waals surface area contributed by atoms with Crippen LogP contribution in [0.25, 0.3) is 0 Å². The Morgan fingerprint density at radius 3 is 1.43 bits per heavy atom. The second-order valence-corrected chi connectivity index (χ2v) is 4.53. The topological polar surface area (TPSA) is 58.9 Å². The van der Waals surface area contributed by atoms with E-state index < -0.39 is 0 Å². The molecule has 0 aliphatic heterocycles. The van der Waals surface area contributed by atoms with E-state index in [1.807, 2.05) is 48.5 Å². The van der Waals surface area contributed by atoms with Crippen LogP contribution in [0.2, 0.25) is 0 Å². The third-order valence-corrected chi connectivity index (χ3v) is 3.25. The fraction of sp³-hybridized carbons (Fsp3) is 0.176. The van der Waals surface area contributed by atoms with Crippen molar-refractivity contribution >= 4 is 12.2 Å². The van der Waals surface area contributed by atoms with Gasteiger partial charge in [-0.25, -0.2) is 19.6 Å². The van der Waals surface area contributed by atoms with Gasteiger partial charge in [0.1, 0.15) is 0 Å². The molecule has 0 saturated heterocycles. The van der Waals surface area contributed by atoms with Crippen molar-refractivity contribution < 1.29 is 9.59 Å². The van der Waals surface area contributed by atoms with Gasteiger partial charge in [0.25, 0.3) is 0 Å². The summed E-state index contributed by atoms with van der Waals surface area (Å²) < 4.78 is 0. The van der Waals surface area contributed by atoms with Gasteiger partial charge in [-0.1, -0.05) is 48.5 Å². The molecular weight excluding hydrogens is 264 g/mol. The van der Waals surface area contributed by atoms with Crippen LogP contribution in [-0.2, 0) is 29.1 Å². The molecule has 0 saturated carbocycles.